The minimum absolute atomic E-state index is 0.173. The molecule has 3 atom stereocenters. The number of allylic oxidation sites excluding steroid dienone is 1. The van der Waals surface area contributed by atoms with E-state index in [1.165, 1.54) is 6.42 Å². The van der Waals surface area contributed by atoms with Crippen LogP contribution in [0.15, 0.2) is 67.2 Å². The van der Waals surface area contributed by atoms with Crippen LogP contribution in [0.4, 0.5) is 0 Å². The zero-order valence-electron chi connectivity index (χ0n) is 21.8. The van der Waals surface area contributed by atoms with Crippen molar-refractivity contribution in [3.05, 3.63) is 89.5 Å². The molecule has 0 radical (unpaired) electrons. The summed E-state index contributed by atoms with van der Waals surface area (Å²) in [6, 6.07) is 18.9. The Morgan fingerprint density at radius 1 is 1.05 bits per heavy atom. The smallest absolute Gasteiger partial charge is 0.150 e. The van der Waals surface area contributed by atoms with Gasteiger partial charge in [-0.3, -0.25) is 4.90 Å². The molecule has 37 heavy (non-hydrogen) atoms. The van der Waals surface area contributed by atoms with Crippen LogP contribution in [0.25, 0.3) is 17.2 Å². The van der Waals surface area contributed by atoms with Crippen molar-refractivity contribution in [3.63, 3.8) is 0 Å². The van der Waals surface area contributed by atoms with E-state index in [0.717, 1.165) is 58.2 Å². The number of phenolic OH excluding ortho intramolecular Hbond substituents is 2. The molecule has 5 heteroatoms. The Bertz CT molecular complexity index is 1330. The first kappa shape index (κ1) is 25.0. The lowest BCUT2D eigenvalue weighted by Gasteiger charge is -2.32. The second-order valence-corrected chi connectivity index (χ2v) is 10.3. The van der Waals surface area contributed by atoms with Crippen molar-refractivity contribution in [2.75, 3.05) is 19.7 Å². The van der Waals surface area contributed by atoms with E-state index in [-0.39, 0.29) is 11.5 Å². The summed E-state index contributed by atoms with van der Waals surface area (Å²) in [5, 5.41) is 20.5. The van der Waals surface area contributed by atoms with Gasteiger partial charge in [-0.25, -0.2) is 0 Å². The van der Waals surface area contributed by atoms with Gasteiger partial charge in [0.05, 0.1) is 0 Å². The fourth-order valence-electron chi connectivity index (χ4n) is 5.41. The number of benzene rings is 3. The summed E-state index contributed by atoms with van der Waals surface area (Å²) in [4.78, 5) is 2.50. The Kier molecular flexibility index (Phi) is 6.98. The van der Waals surface area contributed by atoms with Crippen LogP contribution in [0, 0.1) is 5.92 Å². The lowest BCUT2D eigenvalue weighted by Crippen LogP contribution is -2.35. The first-order chi connectivity index (χ1) is 17.8. The lowest BCUT2D eigenvalue weighted by atomic mass is 9.84. The number of nitrogens with zero attached hydrogens (tertiary/aromatic N) is 1. The van der Waals surface area contributed by atoms with E-state index in [2.05, 4.69) is 25.3 Å². The van der Waals surface area contributed by atoms with Crippen molar-refractivity contribution < 1.29 is 19.7 Å². The topological polar surface area (TPSA) is 62.2 Å². The van der Waals surface area contributed by atoms with Gasteiger partial charge in [0.25, 0.3) is 0 Å². The van der Waals surface area contributed by atoms with Gasteiger partial charge in [0.1, 0.15) is 35.7 Å². The summed E-state index contributed by atoms with van der Waals surface area (Å²) in [6.45, 7) is 13.5. The van der Waals surface area contributed by atoms with E-state index in [1.54, 1.807) is 36.4 Å². The molecule has 2 aliphatic rings. The van der Waals surface area contributed by atoms with E-state index < -0.39 is 6.10 Å². The van der Waals surface area contributed by atoms with Gasteiger partial charge in [0.2, 0.25) is 0 Å². The highest BCUT2D eigenvalue weighted by Crippen LogP contribution is 2.48. The van der Waals surface area contributed by atoms with Crippen molar-refractivity contribution in [2.24, 2.45) is 5.92 Å². The molecule has 3 aromatic rings. The summed E-state index contributed by atoms with van der Waals surface area (Å²) >= 11 is 0. The molecule has 5 nitrogen and oxygen atoms in total. The molecule has 5 rings (SSSR count). The highest BCUT2D eigenvalue weighted by atomic mass is 16.5. The minimum Gasteiger partial charge on any atom is -0.508 e. The summed E-state index contributed by atoms with van der Waals surface area (Å²) in [5.74, 6) is 2.64. The average molecular weight is 498 g/mol. The number of fused-ring (bicyclic) bond motifs is 1. The Balaban J connectivity index is 1.46. The number of hydrogen-bond acceptors (Lipinski definition) is 5. The van der Waals surface area contributed by atoms with Crippen molar-refractivity contribution in [3.8, 4) is 23.0 Å². The molecule has 3 aromatic carbocycles. The maximum absolute atomic E-state index is 10.3. The van der Waals surface area contributed by atoms with Gasteiger partial charge >= 0.3 is 0 Å². The molecule has 0 aliphatic carbocycles. The molecule has 1 saturated heterocycles. The predicted octanol–water partition coefficient (Wildman–Crippen LogP) is 6.91. The fraction of sp³-hybridized carbons (Fsp3) is 0.312. The maximum Gasteiger partial charge on any atom is 0.150 e. The molecule has 192 valence electrons. The zero-order valence-corrected chi connectivity index (χ0v) is 21.8. The Morgan fingerprint density at radius 2 is 1.76 bits per heavy atom. The van der Waals surface area contributed by atoms with Gasteiger partial charge < -0.3 is 19.7 Å². The Hall–Kier alpha value is -3.70. The Labute approximate surface area is 219 Å². The van der Waals surface area contributed by atoms with E-state index >= 15 is 0 Å². The van der Waals surface area contributed by atoms with Crippen molar-refractivity contribution in [2.45, 2.75) is 39.3 Å². The normalized spacial score (nSPS) is 20.3. The van der Waals surface area contributed by atoms with Crippen LogP contribution in [0.2, 0.25) is 0 Å². The number of likely N-dealkylation sites (tertiary alicyclic amines) is 1. The molecule has 2 heterocycles. The van der Waals surface area contributed by atoms with Crippen LogP contribution in [0.3, 0.4) is 0 Å². The quantitative estimate of drug-likeness (QED) is 0.371. The SMILES string of the molecule is C=Cc1ccc(O)cc1C1=C(C)c2cc(O)ccc2OC1c1ccc(OC[C@H](C)N2CC[C@@H](C)C2)cc1. The zero-order chi connectivity index (χ0) is 26.1. The number of rotatable bonds is 7. The van der Waals surface area contributed by atoms with Gasteiger partial charge in [-0.1, -0.05) is 37.8 Å². The summed E-state index contributed by atoms with van der Waals surface area (Å²) in [5.41, 5.74) is 5.45. The van der Waals surface area contributed by atoms with Crippen molar-refractivity contribution in [1.82, 2.24) is 4.90 Å². The molecule has 0 bridgehead atoms. The van der Waals surface area contributed by atoms with Gasteiger partial charge in [-0.15, -0.1) is 0 Å². The van der Waals surface area contributed by atoms with Crippen LogP contribution >= 0.6 is 0 Å². The van der Waals surface area contributed by atoms with Crippen molar-refractivity contribution in [1.29, 1.82) is 0 Å². The third-order valence-corrected chi connectivity index (χ3v) is 7.58. The highest BCUT2D eigenvalue weighted by Gasteiger charge is 2.31. The highest BCUT2D eigenvalue weighted by molar-refractivity contribution is 5.97. The summed E-state index contributed by atoms with van der Waals surface area (Å²) in [7, 11) is 0. The molecule has 0 spiro atoms. The van der Waals surface area contributed by atoms with Gasteiger partial charge in [-0.05, 0) is 97.5 Å². The third-order valence-electron chi connectivity index (χ3n) is 7.58. The first-order valence-corrected chi connectivity index (χ1v) is 13.0. The fourth-order valence-corrected chi connectivity index (χ4v) is 5.41. The van der Waals surface area contributed by atoms with Crippen molar-refractivity contribution >= 4 is 17.2 Å². The van der Waals surface area contributed by atoms with E-state index in [4.69, 9.17) is 9.47 Å². The van der Waals surface area contributed by atoms with E-state index in [1.807, 2.05) is 37.3 Å². The van der Waals surface area contributed by atoms with Crippen LogP contribution in [-0.2, 0) is 0 Å². The minimum atomic E-state index is -0.406. The van der Waals surface area contributed by atoms with Crippen LogP contribution in [0.5, 0.6) is 23.0 Å². The van der Waals surface area contributed by atoms with Crippen LogP contribution in [-0.4, -0.2) is 40.9 Å². The summed E-state index contributed by atoms with van der Waals surface area (Å²) < 4.78 is 12.7. The van der Waals surface area contributed by atoms with Crippen LogP contribution in [0.1, 0.15) is 55.5 Å². The van der Waals surface area contributed by atoms with Gasteiger partial charge in [-0.2, -0.15) is 0 Å². The molecule has 1 fully saturated rings. The number of hydrogen-bond donors (Lipinski definition) is 2. The molecule has 2 aliphatic heterocycles. The molecular formula is C32H35NO4. The Morgan fingerprint density at radius 3 is 2.43 bits per heavy atom. The second kappa shape index (κ2) is 10.3. The largest absolute Gasteiger partial charge is 0.508 e. The number of phenols is 2. The van der Waals surface area contributed by atoms with E-state index in [9.17, 15) is 10.2 Å². The standard InChI is InChI=1S/C32H35NO4/c1-5-23-6-9-25(34)17-29(23)31-22(4)28-16-26(35)10-13-30(28)37-32(31)24-7-11-27(12-8-24)36-19-21(3)33-15-14-20(2)18-33/h5-13,16-17,20-21,32,34-35H,1,14-15,18-19H2,2-4H3/t20-,21+,32?/m1/s1. The molecule has 0 aromatic heterocycles. The second-order valence-electron chi connectivity index (χ2n) is 10.3. The monoisotopic (exact) mass is 497 g/mol. The number of ether oxygens (including phenoxy) is 2. The average Bonchev–Trinajstić information content (AvgIpc) is 3.34. The molecule has 1 unspecified atom stereocenters. The first-order valence-electron chi connectivity index (χ1n) is 13.0. The lowest BCUT2D eigenvalue weighted by molar-refractivity contribution is 0.169. The molecule has 2 N–H and O–H groups in total. The van der Waals surface area contributed by atoms with Gasteiger partial charge in [0, 0.05) is 23.7 Å². The molecule has 0 amide bonds. The number of aromatic hydroxyl groups is 2. The van der Waals surface area contributed by atoms with Crippen LogP contribution < -0.4 is 9.47 Å². The molecule has 0 saturated carbocycles. The maximum atomic E-state index is 10.3. The molecular weight excluding hydrogens is 462 g/mol. The summed E-state index contributed by atoms with van der Waals surface area (Å²) in [6.07, 6.45) is 2.63. The van der Waals surface area contributed by atoms with E-state index in [0.29, 0.717) is 18.4 Å². The predicted molar refractivity (Wildman–Crippen MR) is 149 cm³/mol. The third kappa shape index (κ3) is 5.09. The van der Waals surface area contributed by atoms with Gasteiger partial charge in [0.15, 0.2) is 0 Å².